The van der Waals surface area contributed by atoms with E-state index < -0.39 is 0 Å². The smallest absolute Gasteiger partial charge is 0.159 e. The highest BCUT2D eigenvalue weighted by molar-refractivity contribution is 8.00. The minimum Gasteiger partial charge on any atom is -0.367 e. The first kappa shape index (κ1) is 10.2. The number of hydrogen-bond donors (Lipinski definition) is 0. The van der Waals surface area contributed by atoms with E-state index in [4.69, 9.17) is 0 Å². The first-order valence-electron chi connectivity index (χ1n) is 5.73. The molecule has 2 nitrogen and oxygen atoms in total. The van der Waals surface area contributed by atoms with Gasteiger partial charge in [-0.15, -0.1) is 0 Å². The minimum absolute atomic E-state index is 0.153. The molecule has 0 aromatic heterocycles. The van der Waals surface area contributed by atoms with Gasteiger partial charge in [-0.1, -0.05) is 12.1 Å². The van der Waals surface area contributed by atoms with Gasteiger partial charge in [-0.25, -0.2) is 0 Å². The predicted octanol–water partition coefficient (Wildman–Crippen LogP) is 2.58. The van der Waals surface area contributed by atoms with Crippen molar-refractivity contribution in [3.8, 4) is 0 Å². The van der Waals surface area contributed by atoms with E-state index in [1.165, 1.54) is 17.9 Å². The van der Waals surface area contributed by atoms with Crippen LogP contribution in [-0.4, -0.2) is 29.4 Å². The summed E-state index contributed by atoms with van der Waals surface area (Å²) >= 11 is 2.09. The third-order valence-electron chi connectivity index (χ3n) is 3.48. The second kappa shape index (κ2) is 3.81. The highest BCUT2D eigenvalue weighted by Crippen LogP contribution is 2.40. The molecule has 2 aliphatic heterocycles. The zero-order valence-electron chi connectivity index (χ0n) is 9.35. The van der Waals surface area contributed by atoms with Crippen LogP contribution in [0.5, 0.6) is 0 Å². The molecule has 1 aromatic rings. The maximum atomic E-state index is 11.3. The third kappa shape index (κ3) is 1.63. The lowest BCUT2D eigenvalue weighted by Crippen LogP contribution is -2.33. The Labute approximate surface area is 100 Å². The van der Waals surface area contributed by atoms with Crippen LogP contribution in [0.3, 0.4) is 0 Å². The van der Waals surface area contributed by atoms with E-state index in [1.807, 2.05) is 18.2 Å². The molecule has 2 unspecified atom stereocenters. The maximum Gasteiger partial charge on any atom is 0.159 e. The fraction of sp³-hybridized carbons (Fsp3) is 0.462. The molecule has 0 saturated carbocycles. The van der Waals surface area contributed by atoms with Crippen LogP contribution in [-0.2, 0) is 0 Å². The predicted molar refractivity (Wildman–Crippen MR) is 68.4 cm³/mol. The number of thioether (sulfide) groups is 1. The van der Waals surface area contributed by atoms with Crippen molar-refractivity contribution in [3.05, 3.63) is 29.8 Å². The third-order valence-corrected chi connectivity index (χ3v) is 4.87. The van der Waals surface area contributed by atoms with Gasteiger partial charge in [-0.05, 0) is 25.5 Å². The van der Waals surface area contributed by atoms with Crippen molar-refractivity contribution in [3.63, 3.8) is 0 Å². The summed E-state index contributed by atoms with van der Waals surface area (Å²) in [5.41, 5.74) is 2.05. The molecule has 84 valence electrons. The first-order valence-corrected chi connectivity index (χ1v) is 6.78. The van der Waals surface area contributed by atoms with Gasteiger partial charge in [0.25, 0.3) is 0 Å². The summed E-state index contributed by atoms with van der Waals surface area (Å²) in [5, 5.41) is 0.811. The number of fused-ring (bicyclic) bond motifs is 2. The molecule has 1 aromatic carbocycles. The van der Waals surface area contributed by atoms with Crippen molar-refractivity contribution in [1.29, 1.82) is 0 Å². The van der Waals surface area contributed by atoms with Crippen molar-refractivity contribution in [2.45, 2.75) is 24.6 Å². The molecule has 2 bridgehead atoms. The summed E-state index contributed by atoms with van der Waals surface area (Å²) in [6, 6.07) is 8.74. The SMILES string of the molecule is CC(=O)c1cccc(N2CC3CC2CS3)c1. The normalized spacial score (nSPS) is 27.4. The summed E-state index contributed by atoms with van der Waals surface area (Å²) in [6.07, 6.45) is 1.31. The lowest BCUT2D eigenvalue weighted by molar-refractivity contribution is 0.101. The quantitative estimate of drug-likeness (QED) is 0.732. The first-order chi connectivity index (χ1) is 7.74. The van der Waals surface area contributed by atoms with E-state index in [0.717, 1.165) is 17.4 Å². The Kier molecular flexibility index (Phi) is 2.43. The molecule has 2 atom stereocenters. The van der Waals surface area contributed by atoms with Crippen LogP contribution in [0, 0.1) is 0 Å². The monoisotopic (exact) mass is 233 g/mol. The van der Waals surface area contributed by atoms with Crippen LogP contribution in [0.15, 0.2) is 24.3 Å². The number of benzene rings is 1. The average molecular weight is 233 g/mol. The molecule has 3 heteroatoms. The molecule has 3 rings (SSSR count). The molecule has 0 radical (unpaired) electrons. The van der Waals surface area contributed by atoms with Crippen LogP contribution >= 0.6 is 11.8 Å². The molecule has 0 spiro atoms. The van der Waals surface area contributed by atoms with Crippen LogP contribution in [0.25, 0.3) is 0 Å². The molecule has 16 heavy (non-hydrogen) atoms. The zero-order valence-corrected chi connectivity index (χ0v) is 10.2. The molecule has 2 saturated heterocycles. The molecule has 0 N–H and O–H groups in total. The second-order valence-electron chi connectivity index (χ2n) is 4.60. The fourth-order valence-electron chi connectivity index (χ4n) is 2.62. The van der Waals surface area contributed by atoms with Crippen LogP contribution in [0.2, 0.25) is 0 Å². The Morgan fingerprint density at radius 1 is 1.50 bits per heavy atom. The summed E-state index contributed by atoms with van der Waals surface area (Å²) in [5.74, 6) is 1.40. The van der Waals surface area contributed by atoms with Gasteiger partial charge in [-0.2, -0.15) is 11.8 Å². The van der Waals surface area contributed by atoms with E-state index in [-0.39, 0.29) is 5.78 Å². The van der Waals surface area contributed by atoms with Crippen LogP contribution < -0.4 is 4.90 Å². The van der Waals surface area contributed by atoms with Gasteiger partial charge in [0.2, 0.25) is 0 Å². The number of carbonyl (C=O) groups is 1. The molecule has 2 aliphatic rings. The highest BCUT2D eigenvalue weighted by atomic mass is 32.2. The number of rotatable bonds is 2. The van der Waals surface area contributed by atoms with Crippen LogP contribution in [0.4, 0.5) is 5.69 Å². The van der Waals surface area contributed by atoms with E-state index in [0.29, 0.717) is 6.04 Å². The van der Waals surface area contributed by atoms with Crippen molar-refractivity contribution in [1.82, 2.24) is 0 Å². The van der Waals surface area contributed by atoms with Gasteiger partial charge >= 0.3 is 0 Å². The number of Topliss-reactive ketones (excluding diaryl/α,β-unsaturated/α-hetero) is 1. The Balaban J connectivity index is 1.89. The van der Waals surface area contributed by atoms with E-state index in [2.05, 4.69) is 22.7 Å². The van der Waals surface area contributed by atoms with Crippen molar-refractivity contribution in [2.24, 2.45) is 0 Å². The molecular formula is C13H15NOS. The summed E-state index contributed by atoms with van der Waals surface area (Å²) in [7, 11) is 0. The summed E-state index contributed by atoms with van der Waals surface area (Å²) in [6.45, 7) is 2.78. The van der Waals surface area contributed by atoms with Gasteiger partial charge in [0.15, 0.2) is 5.78 Å². The van der Waals surface area contributed by atoms with Crippen molar-refractivity contribution >= 4 is 23.2 Å². The molecule has 2 fully saturated rings. The van der Waals surface area contributed by atoms with Gasteiger partial charge in [-0.3, -0.25) is 4.79 Å². The highest BCUT2D eigenvalue weighted by Gasteiger charge is 2.38. The van der Waals surface area contributed by atoms with E-state index >= 15 is 0 Å². The Hall–Kier alpha value is -0.960. The Bertz CT molecular complexity index is 432. The number of ketones is 1. The summed E-state index contributed by atoms with van der Waals surface area (Å²) < 4.78 is 0. The number of hydrogen-bond acceptors (Lipinski definition) is 3. The van der Waals surface area contributed by atoms with Crippen molar-refractivity contribution in [2.75, 3.05) is 17.2 Å². The number of anilines is 1. The molecular weight excluding hydrogens is 218 g/mol. The van der Waals surface area contributed by atoms with Gasteiger partial charge in [0.05, 0.1) is 0 Å². The number of carbonyl (C=O) groups excluding carboxylic acids is 1. The van der Waals surface area contributed by atoms with Gasteiger partial charge < -0.3 is 4.90 Å². The zero-order chi connectivity index (χ0) is 11.1. The molecule has 2 heterocycles. The summed E-state index contributed by atoms with van der Waals surface area (Å²) in [4.78, 5) is 13.8. The molecule has 0 amide bonds. The minimum atomic E-state index is 0.153. The fourth-order valence-corrected chi connectivity index (χ4v) is 4.05. The second-order valence-corrected chi connectivity index (χ2v) is 5.94. The van der Waals surface area contributed by atoms with Gasteiger partial charge in [0.1, 0.15) is 0 Å². The largest absolute Gasteiger partial charge is 0.367 e. The lowest BCUT2D eigenvalue weighted by atomic mass is 10.1. The molecule has 0 aliphatic carbocycles. The Morgan fingerprint density at radius 3 is 3.00 bits per heavy atom. The standard InChI is InChI=1S/C13H15NOS/c1-9(15)10-3-2-4-11(5-10)14-7-13-6-12(14)8-16-13/h2-5,12-13H,6-8H2,1H3. The van der Waals surface area contributed by atoms with Gasteiger partial charge in [0, 0.05) is 34.8 Å². The average Bonchev–Trinajstić information content (AvgIpc) is 2.91. The van der Waals surface area contributed by atoms with Crippen LogP contribution in [0.1, 0.15) is 23.7 Å². The maximum absolute atomic E-state index is 11.3. The lowest BCUT2D eigenvalue weighted by Gasteiger charge is -2.29. The number of nitrogens with zero attached hydrogens (tertiary/aromatic N) is 1. The topological polar surface area (TPSA) is 20.3 Å². The van der Waals surface area contributed by atoms with Crippen molar-refractivity contribution < 1.29 is 4.79 Å². The Morgan fingerprint density at radius 2 is 2.38 bits per heavy atom. The van der Waals surface area contributed by atoms with E-state index in [1.54, 1.807) is 6.92 Å². The van der Waals surface area contributed by atoms with E-state index in [9.17, 15) is 4.79 Å².